The molecule has 0 saturated carbocycles. The first kappa shape index (κ1) is 17.1. The first-order chi connectivity index (χ1) is 10.9. The van der Waals surface area contributed by atoms with Crippen LogP contribution in [-0.4, -0.2) is 30.9 Å². The SMILES string of the molecule is COC(=O)[C@@H](c1cc(F)ccc1F)N(C)C(=O)Cc1cccs1. The molecule has 0 fully saturated rings. The van der Waals surface area contributed by atoms with Gasteiger partial charge in [-0.1, -0.05) is 6.07 Å². The van der Waals surface area contributed by atoms with Gasteiger partial charge < -0.3 is 9.64 Å². The van der Waals surface area contributed by atoms with Crippen LogP contribution in [0.25, 0.3) is 0 Å². The molecule has 23 heavy (non-hydrogen) atoms. The first-order valence-corrected chi connectivity index (χ1v) is 7.62. The molecule has 1 aromatic heterocycles. The van der Waals surface area contributed by atoms with Crippen molar-refractivity contribution in [1.82, 2.24) is 4.90 Å². The summed E-state index contributed by atoms with van der Waals surface area (Å²) in [5.74, 6) is -2.71. The van der Waals surface area contributed by atoms with Gasteiger partial charge in [-0.15, -0.1) is 11.3 Å². The van der Waals surface area contributed by atoms with E-state index in [1.807, 2.05) is 5.38 Å². The number of benzene rings is 1. The van der Waals surface area contributed by atoms with Crippen LogP contribution in [0.2, 0.25) is 0 Å². The fraction of sp³-hybridized carbons (Fsp3) is 0.250. The van der Waals surface area contributed by atoms with E-state index < -0.39 is 29.6 Å². The van der Waals surface area contributed by atoms with Crippen LogP contribution < -0.4 is 0 Å². The van der Waals surface area contributed by atoms with Gasteiger partial charge in [0.2, 0.25) is 5.91 Å². The van der Waals surface area contributed by atoms with E-state index in [9.17, 15) is 18.4 Å². The summed E-state index contributed by atoms with van der Waals surface area (Å²) >= 11 is 1.40. The number of halogens is 2. The van der Waals surface area contributed by atoms with Crippen molar-refractivity contribution in [3.63, 3.8) is 0 Å². The van der Waals surface area contributed by atoms with E-state index >= 15 is 0 Å². The third-order valence-electron chi connectivity index (χ3n) is 3.36. The number of likely N-dealkylation sites (N-methyl/N-ethyl adjacent to an activating group) is 1. The Balaban J connectivity index is 2.32. The number of hydrogen-bond acceptors (Lipinski definition) is 4. The van der Waals surface area contributed by atoms with Gasteiger partial charge in [-0.3, -0.25) is 4.79 Å². The lowest BCUT2D eigenvalue weighted by Gasteiger charge is -2.26. The summed E-state index contributed by atoms with van der Waals surface area (Å²) in [6.45, 7) is 0. The summed E-state index contributed by atoms with van der Waals surface area (Å²) in [7, 11) is 2.49. The van der Waals surface area contributed by atoms with Crippen LogP contribution in [0.3, 0.4) is 0 Å². The van der Waals surface area contributed by atoms with E-state index in [0.29, 0.717) is 0 Å². The summed E-state index contributed by atoms with van der Waals surface area (Å²) < 4.78 is 32.1. The molecular weight excluding hydrogens is 324 g/mol. The summed E-state index contributed by atoms with van der Waals surface area (Å²) in [6, 6.07) is 5.00. The summed E-state index contributed by atoms with van der Waals surface area (Å²) in [4.78, 5) is 26.3. The van der Waals surface area contributed by atoms with Gasteiger partial charge >= 0.3 is 5.97 Å². The third kappa shape index (κ3) is 3.92. The zero-order valence-corrected chi connectivity index (χ0v) is 13.4. The van der Waals surface area contributed by atoms with Crippen LogP contribution in [0.15, 0.2) is 35.7 Å². The van der Waals surface area contributed by atoms with Gasteiger partial charge in [0.1, 0.15) is 11.6 Å². The highest BCUT2D eigenvalue weighted by Crippen LogP contribution is 2.26. The summed E-state index contributed by atoms with van der Waals surface area (Å²) in [6.07, 6.45) is 0.0681. The van der Waals surface area contributed by atoms with Crippen molar-refractivity contribution in [2.45, 2.75) is 12.5 Å². The Hall–Kier alpha value is -2.28. The molecule has 0 aliphatic heterocycles. The lowest BCUT2D eigenvalue weighted by molar-refractivity contribution is -0.152. The number of carbonyl (C=O) groups excluding carboxylic acids is 2. The Labute approximate surface area is 136 Å². The first-order valence-electron chi connectivity index (χ1n) is 6.75. The molecule has 1 amide bonds. The summed E-state index contributed by atoms with van der Waals surface area (Å²) in [5.41, 5.74) is -0.237. The van der Waals surface area contributed by atoms with Crippen LogP contribution in [-0.2, 0) is 20.7 Å². The van der Waals surface area contributed by atoms with E-state index in [0.717, 1.165) is 35.1 Å². The molecule has 0 bridgehead atoms. The standard InChI is InChI=1S/C16H15F2NO3S/c1-19(14(20)9-11-4-3-7-23-11)15(16(21)22-2)12-8-10(17)5-6-13(12)18/h3-8,15H,9H2,1-2H3/t15-/m1/s1. The average molecular weight is 339 g/mol. The molecule has 122 valence electrons. The van der Waals surface area contributed by atoms with Gasteiger partial charge in [0.25, 0.3) is 0 Å². The smallest absolute Gasteiger partial charge is 0.333 e. The van der Waals surface area contributed by atoms with E-state index in [4.69, 9.17) is 0 Å². The van der Waals surface area contributed by atoms with Gasteiger partial charge in [0.05, 0.1) is 13.5 Å². The Morgan fingerprint density at radius 3 is 2.65 bits per heavy atom. The van der Waals surface area contributed by atoms with E-state index in [2.05, 4.69) is 4.74 Å². The number of carbonyl (C=O) groups is 2. The highest BCUT2D eigenvalue weighted by atomic mass is 32.1. The van der Waals surface area contributed by atoms with E-state index in [1.165, 1.54) is 18.4 Å². The van der Waals surface area contributed by atoms with Crippen LogP contribution in [0.5, 0.6) is 0 Å². The van der Waals surface area contributed by atoms with Crippen molar-refractivity contribution in [3.8, 4) is 0 Å². The molecule has 0 aliphatic carbocycles. The molecular formula is C16H15F2NO3S. The second-order valence-electron chi connectivity index (χ2n) is 4.85. The second kappa shape index (κ2) is 7.32. The second-order valence-corrected chi connectivity index (χ2v) is 5.88. The van der Waals surface area contributed by atoms with Gasteiger partial charge in [0, 0.05) is 17.5 Å². The van der Waals surface area contributed by atoms with Crippen molar-refractivity contribution in [2.24, 2.45) is 0 Å². The maximum absolute atomic E-state index is 14.0. The zero-order chi connectivity index (χ0) is 17.0. The van der Waals surface area contributed by atoms with Crippen LogP contribution in [0.4, 0.5) is 8.78 Å². The highest BCUT2D eigenvalue weighted by Gasteiger charge is 2.32. The molecule has 0 unspecified atom stereocenters. The molecule has 0 saturated heterocycles. The van der Waals surface area contributed by atoms with E-state index in [1.54, 1.807) is 12.1 Å². The zero-order valence-electron chi connectivity index (χ0n) is 12.6. The minimum atomic E-state index is -1.34. The number of esters is 1. The van der Waals surface area contributed by atoms with Crippen LogP contribution in [0, 0.1) is 11.6 Å². The number of amides is 1. The monoisotopic (exact) mass is 339 g/mol. The fourth-order valence-electron chi connectivity index (χ4n) is 2.16. The predicted octanol–water partition coefficient (Wildman–Crippen LogP) is 2.94. The normalized spacial score (nSPS) is 11.8. The number of thiophene rings is 1. The minimum Gasteiger partial charge on any atom is -0.467 e. The molecule has 2 aromatic rings. The average Bonchev–Trinajstić information content (AvgIpc) is 3.03. The van der Waals surface area contributed by atoms with Crippen molar-refractivity contribution in [2.75, 3.05) is 14.2 Å². The predicted molar refractivity (Wildman–Crippen MR) is 81.9 cm³/mol. The van der Waals surface area contributed by atoms with Crippen LogP contribution >= 0.6 is 11.3 Å². The minimum absolute atomic E-state index is 0.0681. The maximum Gasteiger partial charge on any atom is 0.333 e. The molecule has 0 aliphatic rings. The fourth-order valence-corrected chi connectivity index (χ4v) is 2.86. The Kier molecular flexibility index (Phi) is 5.44. The highest BCUT2D eigenvalue weighted by molar-refractivity contribution is 7.10. The molecule has 4 nitrogen and oxygen atoms in total. The molecule has 1 atom stereocenters. The third-order valence-corrected chi connectivity index (χ3v) is 4.24. The lowest BCUT2D eigenvalue weighted by atomic mass is 10.0. The van der Waals surface area contributed by atoms with Gasteiger partial charge in [0.15, 0.2) is 6.04 Å². The topological polar surface area (TPSA) is 46.6 Å². The number of hydrogen-bond donors (Lipinski definition) is 0. The van der Waals surface area contributed by atoms with Crippen molar-refractivity contribution in [1.29, 1.82) is 0 Å². The van der Waals surface area contributed by atoms with Crippen LogP contribution in [0.1, 0.15) is 16.5 Å². The van der Waals surface area contributed by atoms with Crippen molar-refractivity contribution in [3.05, 3.63) is 57.8 Å². The lowest BCUT2D eigenvalue weighted by Crippen LogP contribution is -2.37. The Bertz CT molecular complexity index is 703. The summed E-state index contributed by atoms with van der Waals surface area (Å²) in [5, 5.41) is 1.83. The largest absolute Gasteiger partial charge is 0.467 e. The molecule has 1 aromatic carbocycles. The quantitative estimate of drug-likeness (QED) is 0.787. The number of ether oxygens (including phenoxy) is 1. The molecule has 1 heterocycles. The molecule has 0 spiro atoms. The van der Waals surface area contributed by atoms with Gasteiger partial charge in [-0.05, 0) is 29.6 Å². The number of rotatable bonds is 5. The molecule has 2 rings (SSSR count). The number of nitrogens with zero attached hydrogens (tertiary/aromatic N) is 1. The molecule has 7 heteroatoms. The van der Waals surface area contributed by atoms with E-state index in [-0.39, 0.29) is 12.0 Å². The van der Waals surface area contributed by atoms with Gasteiger partial charge in [-0.25, -0.2) is 13.6 Å². The molecule has 0 radical (unpaired) electrons. The van der Waals surface area contributed by atoms with Crippen molar-refractivity contribution >= 4 is 23.2 Å². The maximum atomic E-state index is 14.0. The van der Waals surface area contributed by atoms with Crippen molar-refractivity contribution < 1.29 is 23.1 Å². The molecule has 0 N–H and O–H groups in total. The van der Waals surface area contributed by atoms with Gasteiger partial charge in [-0.2, -0.15) is 0 Å². The number of methoxy groups -OCH3 is 1. The Morgan fingerprint density at radius 2 is 2.04 bits per heavy atom. The Morgan fingerprint density at radius 1 is 1.30 bits per heavy atom.